The number of rotatable bonds is 6. The number of carbonyl (C=O) groups is 1. The summed E-state index contributed by atoms with van der Waals surface area (Å²) in [5.74, 6) is 0.704. The van der Waals surface area contributed by atoms with Crippen LogP contribution in [0.3, 0.4) is 0 Å². The van der Waals surface area contributed by atoms with Crippen LogP contribution in [0.1, 0.15) is 73.1 Å². The summed E-state index contributed by atoms with van der Waals surface area (Å²) in [4.78, 5) is 12.6. The van der Waals surface area contributed by atoms with Crippen LogP contribution in [0.15, 0.2) is 0 Å². The molecule has 3 heteroatoms. The highest BCUT2D eigenvalue weighted by molar-refractivity contribution is 5.82. The van der Waals surface area contributed by atoms with E-state index in [2.05, 4.69) is 39.9 Å². The van der Waals surface area contributed by atoms with Gasteiger partial charge in [0.1, 0.15) is 0 Å². The van der Waals surface area contributed by atoms with E-state index in [9.17, 15) is 9.90 Å². The first kappa shape index (κ1) is 17.5. The fourth-order valence-electron chi connectivity index (χ4n) is 3.53. The minimum atomic E-state index is -0.448. The lowest BCUT2D eigenvalue weighted by atomic mass is 9.77. The molecule has 118 valence electrons. The van der Waals surface area contributed by atoms with Gasteiger partial charge >= 0.3 is 0 Å². The molecule has 0 heterocycles. The standard InChI is InChI=1S/C17H33NO2/c1-13(2)10-17(8-6-7-9-17)15(20)18-12-14(19)11-16(3,4)5/h13-14,19H,6-12H2,1-5H3,(H,18,20). The van der Waals surface area contributed by atoms with Crippen LogP contribution in [0.25, 0.3) is 0 Å². The van der Waals surface area contributed by atoms with Gasteiger partial charge in [-0.25, -0.2) is 0 Å². The third-order valence-corrected chi connectivity index (χ3v) is 4.19. The highest BCUT2D eigenvalue weighted by Gasteiger charge is 2.41. The Morgan fingerprint density at radius 2 is 1.80 bits per heavy atom. The molecule has 0 aromatic heterocycles. The van der Waals surface area contributed by atoms with Gasteiger partial charge in [0.05, 0.1) is 6.10 Å². The molecule has 2 N–H and O–H groups in total. The van der Waals surface area contributed by atoms with Crippen molar-refractivity contribution >= 4 is 5.91 Å². The van der Waals surface area contributed by atoms with Gasteiger partial charge in [0.25, 0.3) is 0 Å². The number of aliphatic hydroxyl groups excluding tert-OH is 1. The van der Waals surface area contributed by atoms with Crippen LogP contribution >= 0.6 is 0 Å². The van der Waals surface area contributed by atoms with Crippen LogP contribution in [-0.2, 0) is 4.79 Å². The van der Waals surface area contributed by atoms with Gasteiger partial charge in [-0.05, 0) is 37.0 Å². The minimum absolute atomic E-state index is 0.0904. The van der Waals surface area contributed by atoms with Crippen molar-refractivity contribution in [1.82, 2.24) is 5.32 Å². The fourth-order valence-corrected chi connectivity index (χ4v) is 3.53. The first-order valence-electron chi connectivity index (χ1n) is 8.11. The molecule has 0 aromatic carbocycles. The van der Waals surface area contributed by atoms with Crippen LogP contribution < -0.4 is 5.32 Å². The Morgan fingerprint density at radius 3 is 2.25 bits per heavy atom. The normalized spacial score (nSPS) is 20.1. The van der Waals surface area contributed by atoms with Gasteiger partial charge in [-0.1, -0.05) is 47.5 Å². The molecule has 1 rings (SSSR count). The Kier molecular flexibility index (Phi) is 6.06. The molecule has 1 atom stereocenters. The number of carbonyl (C=O) groups excluding carboxylic acids is 1. The summed E-state index contributed by atoms with van der Waals surface area (Å²) in [6.07, 6.45) is 5.56. The minimum Gasteiger partial charge on any atom is -0.391 e. The van der Waals surface area contributed by atoms with Crippen LogP contribution in [-0.4, -0.2) is 23.7 Å². The van der Waals surface area contributed by atoms with E-state index in [1.807, 2.05) is 0 Å². The van der Waals surface area contributed by atoms with Crippen molar-refractivity contribution in [3.8, 4) is 0 Å². The molecule has 0 saturated heterocycles. The maximum atomic E-state index is 12.6. The van der Waals surface area contributed by atoms with Crippen molar-refractivity contribution in [2.75, 3.05) is 6.54 Å². The number of hydrogen-bond acceptors (Lipinski definition) is 2. The van der Waals surface area contributed by atoms with Gasteiger partial charge in [0.2, 0.25) is 5.91 Å². The molecule has 0 bridgehead atoms. The average Bonchev–Trinajstić information content (AvgIpc) is 2.72. The van der Waals surface area contributed by atoms with E-state index in [1.165, 1.54) is 0 Å². The maximum Gasteiger partial charge on any atom is 0.226 e. The second-order valence-corrected chi connectivity index (χ2v) is 8.21. The van der Waals surface area contributed by atoms with Crippen LogP contribution in [0, 0.1) is 16.7 Å². The Labute approximate surface area is 124 Å². The highest BCUT2D eigenvalue weighted by atomic mass is 16.3. The molecule has 0 radical (unpaired) electrons. The number of hydrogen-bond donors (Lipinski definition) is 2. The molecule has 1 unspecified atom stereocenters. The van der Waals surface area contributed by atoms with E-state index >= 15 is 0 Å². The van der Waals surface area contributed by atoms with Crippen molar-refractivity contribution in [2.45, 2.75) is 79.2 Å². The monoisotopic (exact) mass is 283 g/mol. The molecule has 1 fully saturated rings. The summed E-state index contributed by atoms with van der Waals surface area (Å²) in [7, 11) is 0. The molecular weight excluding hydrogens is 250 g/mol. The van der Waals surface area contributed by atoms with Gasteiger partial charge in [0.15, 0.2) is 0 Å². The SMILES string of the molecule is CC(C)CC1(C(=O)NCC(O)CC(C)(C)C)CCCC1. The average molecular weight is 283 g/mol. The van der Waals surface area contributed by atoms with E-state index in [1.54, 1.807) is 0 Å². The Balaban J connectivity index is 2.51. The summed E-state index contributed by atoms with van der Waals surface area (Å²) >= 11 is 0. The summed E-state index contributed by atoms with van der Waals surface area (Å²) in [5.41, 5.74) is -0.0806. The second kappa shape index (κ2) is 6.93. The van der Waals surface area contributed by atoms with Crippen LogP contribution in [0.2, 0.25) is 0 Å². The molecule has 3 nitrogen and oxygen atoms in total. The van der Waals surface area contributed by atoms with Crippen LogP contribution in [0.4, 0.5) is 0 Å². The molecule has 1 aliphatic carbocycles. The molecule has 20 heavy (non-hydrogen) atoms. The lowest BCUT2D eigenvalue weighted by molar-refractivity contribution is -0.132. The zero-order valence-corrected chi connectivity index (χ0v) is 14.0. The first-order valence-corrected chi connectivity index (χ1v) is 8.11. The molecule has 1 aliphatic rings. The van der Waals surface area contributed by atoms with Crippen molar-refractivity contribution in [3.63, 3.8) is 0 Å². The van der Waals surface area contributed by atoms with Gasteiger partial charge in [-0.2, -0.15) is 0 Å². The summed E-state index contributed by atoms with van der Waals surface area (Å²) in [6.45, 7) is 11.1. The van der Waals surface area contributed by atoms with Crippen molar-refractivity contribution in [1.29, 1.82) is 0 Å². The first-order chi connectivity index (χ1) is 9.15. The molecular formula is C17H33NO2. The summed E-state index contributed by atoms with van der Waals surface area (Å²) in [6, 6.07) is 0. The Hall–Kier alpha value is -0.570. The fraction of sp³-hybridized carbons (Fsp3) is 0.941. The lowest BCUT2D eigenvalue weighted by Gasteiger charge is -2.30. The predicted octanol–water partition coefficient (Wildman–Crippen LogP) is 3.51. The third kappa shape index (κ3) is 5.43. The zero-order valence-electron chi connectivity index (χ0n) is 14.0. The highest BCUT2D eigenvalue weighted by Crippen LogP contribution is 2.43. The topological polar surface area (TPSA) is 49.3 Å². The number of amides is 1. The van der Waals surface area contributed by atoms with E-state index in [-0.39, 0.29) is 16.7 Å². The van der Waals surface area contributed by atoms with Gasteiger partial charge in [-0.15, -0.1) is 0 Å². The summed E-state index contributed by atoms with van der Waals surface area (Å²) < 4.78 is 0. The van der Waals surface area contributed by atoms with E-state index in [0.29, 0.717) is 18.9 Å². The molecule has 0 aliphatic heterocycles. The van der Waals surface area contributed by atoms with Crippen molar-refractivity contribution < 1.29 is 9.90 Å². The lowest BCUT2D eigenvalue weighted by Crippen LogP contribution is -2.43. The Morgan fingerprint density at radius 1 is 1.25 bits per heavy atom. The van der Waals surface area contributed by atoms with E-state index in [0.717, 1.165) is 32.1 Å². The smallest absolute Gasteiger partial charge is 0.226 e. The number of aliphatic hydroxyl groups is 1. The van der Waals surface area contributed by atoms with Crippen LogP contribution in [0.5, 0.6) is 0 Å². The van der Waals surface area contributed by atoms with E-state index < -0.39 is 6.10 Å². The Bertz CT molecular complexity index is 311. The second-order valence-electron chi connectivity index (χ2n) is 8.21. The van der Waals surface area contributed by atoms with Gasteiger partial charge in [0, 0.05) is 12.0 Å². The number of nitrogens with one attached hydrogen (secondary N) is 1. The molecule has 1 amide bonds. The maximum absolute atomic E-state index is 12.6. The van der Waals surface area contributed by atoms with Crippen molar-refractivity contribution in [3.05, 3.63) is 0 Å². The third-order valence-electron chi connectivity index (χ3n) is 4.19. The molecule has 0 spiro atoms. The molecule has 1 saturated carbocycles. The quantitative estimate of drug-likeness (QED) is 0.783. The van der Waals surface area contributed by atoms with Crippen molar-refractivity contribution in [2.24, 2.45) is 16.7 Å². The molecule has 0 aromatic rings. The summed E-state index contributed by atoms with van der Waals surface area (Å²) in [5, 5.41) is 13.0. The van der Waals surface area contributed by atoms with Gasteiger partial charge in [-0.3, -0.25) is 4.79 Å². The van der Waals surface area contributed by atoms with E-state index in [4.69, 9.17) is 0 Å². The largest absolute Gasteiger partial charge is 0.391 e. The zero-order chi connectivity index (χ0) is 15.4. The van der Waals surface area contributed by atoms with Gasteiger partial charge < -0.3 is 10.4 Å². The predicted molar refractivity (Wildman–Crippen MR) is 83.4 cm³/mol.